The van der Waals surface area contributed by atoms with Gasteiger partial charge in [-0.2, -0.15) is 0 Å². The zero-order valence-corrected chi connectivity index (χ0v) is 16.5. The SMILES string of the molecule is [B]C1CC(OC(C)(C)[P+](=C)CP(=C)(CC)CC)C(O)C1(C)O. The molecule has 5 atom stereocenters. The molecule has 0 aromatic rings. The van der Waals surface area contributed by atoms with Gasteiger partial charge >= 0.3 is 0 Å². The van der Waals surface area contributed by atoms with Gasteiger partial charge in [0.15, 0.2) is 0 Å². The average molecular weight is 345 g/mol. The Morgan fingerprint density at radius 2 is 1.91 bits per heavy atom. The smallest absolute Gasteiger partial charge is 0.219 e. The van der Waals surface area contributed by atoms with Crippen molar-refractivity contribution >= 4 is 34.9 Å². The lowest BCUT2D eigenvalue weighted by molar-refractivity contribution is -0.116. The highest BCUT2D eigenvalue weighted by molar-refractivity contribution is 7.83. The maximum absolute atomic E-state index is 10.3. The Morgan fingerprint density at radius 1 is 1.41 bits per heavy atom. The van der Waals surface area contributed by atoms with E-state index >= 15 is 0 Å². The molecular formula is C16H32BO3P2+. The predicted octanol–water partition coefficient (Wildman–Crippen LogP) is 2.94. The second kappa shape index (κ2) is 7.12. The number of aliphatic hydroxyl groups is 2. The first-order valence-corrected chi connectivity index (χ1v) is 12.3. The zero-order valence-electron chi connectivity index (χ0n) is 14.7. The van der Waals surface area contributed by atoms with Crippen LogP contribution in [-0.2, 0) is 4.74 Å². The number of ether oxygens (including phenoxy) is 1. The van der Waals surface area contributed by atoms with E-state index in [1.54, 1.807) is 6.92 Å². The number of aliphatic hydroxyl groups excluding tert-OH is 1. The molecular weight excluding hydrogens is 313 g/mol. The molecule has 0 aromatic carbocycles. The summed E-state index contributed by atoms with van der Waals surface area (Å²) in [5, 5.41) is 20.1. The lowest BCUT2D eigenvalue weighted by Gasteiger charge is -2.30. The van der Waals surface area contributed by atoms with Crippen LogP contribution in [0.2, 0.25) is 5.82 Å². The third kappa shape index (κ3) is 4.28. The Balaban J connectivity index is 2.80. The second-order valence-corrected chi connectivity index (χ2v) is 14.5. The number of hydrogen-bond acceptors (Lipinski definition) is 3. The third-order valence-electron chi connectivity index (χ3n) is 5.20. The Hall–Kier alpha value is 0.415. The summed E-state index contributed by atoms with van der Waals surface area (Å²) in [6, 6.07) is 0. The Bertz CT molecular complexity index is 454. The normalized spacial score (nSPS) is 34.0. The van der Waals surface area contributed by atoms with Crippen molar-refractivity contribution in [3.63, 3.8) is 0 Å². The molecule has 22 heavy (non-hydrogen) atoms. The van der Waals surface area contributed by atoms with Crippen LogP contribution in [0, 0.1) is 0 Å². The minimum atomic E-state index is -1.29. The molecule has 0 saturated heterocycles. The Morgan fingerprint density at radius 3 is 2.27 bits per heavy atom. The van der Waals surface area contributed by atoms with Crippen molar-refractivity contribution in [1.82, 2.24) is 0 Å². The summed E-state index contributed by atoms with van der Waals surface area (Å²) >= 11 is 0. The minimum absolute atomic E-state index is 0.422. The molecule has 1 rings (SSSR count). The topological polar surface area (TPSA) is 49.7 Å². The van der Waals surface area contributed by atoms with Crippen molar-refractivity contribution in [3.05, 3.63) is 0 Å². The monoisotopic (exact) mass is 345 g/mol. The second-order valence-electron chi connectivity index (χ2n) is 7.27. The summed E-state index contributed by atoms with van der Waals surface area (Å²) in [6.07, 6.45) is 10.1. The Kier molecular flexibility index (Phi) is 6.62. The van der Waals surface area contributed by atoms with Crippen molar-refractivity contribution < 1.29 is 14.9 Å². The highest BCUT2D eigenvalue weighted by atomic mass is 31.2. The van der Waals surface area contributed by atoms with E-state index in [1.807, 2.05) is 13.8 Å². The fourth-order valence-corrected chi connectivity index (χ4v) is 9.32. The largest absolute Gasteiger partial charge is 0.388 e. The van der Waals surface area contributed by atoms with Crippen LogP contribution < -0.4 is 0 Å². The number of rotatable bonds is 7. The summed E-state index contributed by atoms with van der Waals surface area (Å²) in [5.41, 5.74) is -1.29. The van der Waals surface area contributed by atoms with Crippen molar-refractivity contribution in [3.8, 4) is 0 Å². The van der Waals surface area contributed by atoms with Crippen LogP contribution in [0.25, 0.3) is 0 Å². The third-order valence-corrected chi connectivity index (χ3v) is 13.3. The highest BCUT2D eigenvalue weighted by Crippen LogP contribution is 2.56. The van der Waals surface area contributed by atoms with Crippen LogP contribution >= 0.6 is 14.4 Å². The molecule has 0 aromatic heterocycles. The molecule has 2 N–H and O–H groups in total. The van der Waals surface area contributed by atoms with Crippen LogP contribution in [0.4, 0.5) is 0 Å². The van der Waals surface area contributed by atoms with Gasteiger partial charge in [-0.3, -0.25) is 0 Å². The first-order valence-electron chi connectivity index (χ1n) is 8.02. The molecule has 126 valence electrons. The summed E-state index contributed by atoms with van der Waals surface area (Å²) in [4.78, 5) is 0. The lowest BCUT2D eigenvalue weighted by Crippen LogP contribution is -2.43. The maximum Gasteiger partial charge on any atom is 0.219 e. The lowest BCUT2D eigenvalue weighted by atomic mass is 9.76. The van der Waals surface area contributed by atoms with E-state index in [-0.39, 0.29) is 0 Å². The maximum atomic E-state index is 10.3. The van der Waals surface area contributed by atoms with Gasteiger partial charge in [0.2, 0.25) is 5.34 Å². The molecule has 1 aliphatic carbocycles. The summed E-state index contributed by atoms with van der Waals surface area (Å²) < 4.78 is 6.18. The van der Waals surface area contributed by atoms with Crippen LogP contribution in [0.15, 0.2) is 0 Å². The fourth-order valence-electron chi connectivity index (χ4n) is 2.73. The highest BCUT2D eigenvalue weighted by Gasteiger charge is 2.51. The van der Waals surface area contributed by atoms with Gasteiger partial charge in [-0.25, -0.2) is 0 Å². The molecule has 6 heteroatoms. The predicted molar refractivity (Wildman–Crippen MR) is 104 cm³/mol. The van der Waals surface area contributed by atoms with Gasteiger partial charge in [0.25, 0.3) is 0 Å². The van der Waals surface area contributed by atoms with E-state index in [0.29, 0.717) is 6.42 Å². The van der Waals surface area contributed by atoms with Gasteiger partial charge in [0, 0.05) is 13.8 Å². The van der Waals surface area contributed by atoms with Crippen LogP contribution in [-0.4, -0.2) is 72.0 Å². The van der Waals surface area contributed by atoms with Crippen LogP contribution in [0.1, 0.15) is 41.0 Å². The molecule has 0 spiro atoms. The van der Waals surface area contributed by atoms with Crippen molar-refractivity contribution in [1.29, 1.82) is 0 Å². The van der Waals surface area contributed by atoms with Gasteiger partial charge in [-0.05, 0) is 31.5 Å². The molecule has 2 radical (unpaired) electrons. The zero-order chi connectivity index (χ0) is 17.3. The van der Waals surface area contributed by atoms with Crippen molar-refractivity contribution in [2.45, 2.75) is 70.0 Å². The molecule has 1 saturated carbocycles. The summed E-state index contributed by atoms with van der Waals surface area (Å²) in [5.74, 6) is 0.568. The standard InChI is InChI=1S/C16H32BO3P2/c1-8-22(7,9-2)11-21(6)15(3,4)20-12-10-13(17)16(5,19)14(12)18/h12-14,18-19H,6-11H2,1-5H3/q+1. The van der Waals surface area contributed by atoms with E-state index in [0.717, 1.165) is 18.2 Å². The molecule has 1 fully saturated rings. The van der Waals surface area contributed by atoms with Crippen LogP contribution in [0.5, 0.6) is 0 Å². The van der Waals surface area contributed by atoms with E-state index < -0.39 is 43.4 Å². The molecule has 0 aliphatic heterocycles. The molecule has 1 aliphatic rings. The Labute approximate surface area is 138 Å². The molecule has 3 nitrogen and oxygen atoms in total. The van der Waals surface area contributed by atoms with Gasteiger partial charge in [0.1, 0.15) is 19.6 Å². The summed E-state index contributed by atoms with van der Waals surface area (Å²) in [7, 11) is 5.31. The van der Waals surface area contributed by atoms with Gasteiger partial charge in [-0.1, -0.05) is 27.0 Å². The van der Waals surface area contributed by atoms with E-state index in [2.05, 4.69) is 26.4 Å². The average Bonchev–Trinajstić information content (AvgIpc) is 2.61. The molecule has 0 amide bonds. The van der Waals surface area contributed by atoms with Gasteiger partial charge in [-0.15, -0.1) is 0 Å². The van der Waals surface area contributed by atoms with Gasteiger partial charge < -0.3 is 14.9 Å². The van der Waals surface area contributed by atoms with Crippen molar-refractivity contribution in [2.24, 2.45) is 0 Å². The molecule has 0 heterocycles. The quantitative estimate of drug-likeness (QED) is 0.551. The molecule has 5 unspecified atom stereocenters. The minimum Gasteiger partial charge on any atom is -0.388 e. The van der Waals surface area contributed by atoms with Gasteiger partial charge in [0.05, 0.1) is 25.9 Å². The van der Waals surface area contributed by atoms with E-state index in [9.17, 15) is 10.2 Å². The fraction of sp³-hybridized carbons (Fsp3) is 0.875. The summed E-state index contributed by atoms with van der Waals surface area (Å²) in [6.45, 7) is 8.88. The van der Waals surface area contributed by atoms with Crippen LogP contribution in [0.3, 0.4) is 0 Å². The first-order chi connectivity index (χ1) is 9.89. The first kappa shape index (κ1) is 20.5. The number of hydrogen-bond donors (Lipinski definition) is 2. The van der Waals surface area contributed by atoms with E-state index in [1.165, 1.54) is 0 Å². The molecule has 0 bridgehead atoms. The van der Waals surface area contributed by atoms with Crippen molar-refractivity contribution in [2.75, 3.05) is 18.2 Å². The van der Waals surface area contributed by atoms with E-state index in [4.69, 9.17) is 12.6 Å².